The smallest absolute Gasteiger partial charge is 0.258 e. The third-order valence-electron chi connectivity index (χ3n) is 2.93. The van der Waals surface area contributed by atoms with E-state index in [9.17, 15) is 9.18 Å². The lowest BCUT2D eigenvalue weighted by molar-refractivity contribution is -0.123. The third kappa shape index (κ3) is 4.76. The number of hydrogen-bond donors (Lipinski definition) is 1. The zero-order valence-corrected chi connectivity index (χ0v) is 12.2. The minimum Gasteiger partial charge on any atom is -0.484 e. The van der Waals surface area contributed by atoms with Crippen LogP contribution in [-0.2, 0) is 4.79 Å². The molecule has 0 aliphatic carbocycles. The second-order valence-corrected chi connectivity index (χ2v) is 5.02. The van der Waals surface area contributed by atoms with Gasteiger partial charge in [0.05, 0.1) is 6.04 Å². The summed E-state index contributed by atoms with van der Waals surface area (Å²) in [5.41, 5.74) is 0.953. The molecule has 1 unspecified atom stereocenters. The molecule has 0 heterocycles. The molecule has 1 amide bonds. The molecule has 1 N–H and O–H groups in total. The predicted molar refractivity (Wildman–Crippen MR) is 79.9 cm³/mol. The summed E-state index contributed by atoms with van der Waals surface area (Å²) >= 11 is 5.82. The minimum atomic E-state index is -0.344. The molecule has 21 heavy (non-hydrogen) atoms. The number of rotatable bonds is 5. The number of ether oxygens (including phenoxy) is 1. The second-order valence-electron chi connectivity index (χ2n) is 4.58. The summed E-state index contributed by atoms with van der Waals surface area (Å²) < 4.78 is 18.0. The summed E-state index contributed by atoms with van der Waals surface area (Å²) in [5, 5.41) is 3.47. The highest BCUT2D eigenvalue weighted by Gasteiger charge is 2.10. The Balaban J connectivity index is 1.83. The van der Waals surface area contributed by atoms with Crippen molar-refractivity contribution in [2.24, 2.45) is 0 Å². The lowest BCUT2D eigenvalue weighted by Gasteiger charge is -2.14. The lowest BCUT2D eigenvalue weighted by Crippen LogP contribution is -2.31. The average molecular weight is 308 g/mol. The van der Waals surface area contributed by atoms with Gasteiger partial charge in [-0.2, -0.15) is 0 Å². The molecule has 2 aromatic rings. The van der Waals surface area contributed by atoms with Crippen LogP contribution >= 0.6 is 11.6 Å². The first-order valence-corrected chi connectivity index (χ1v) is 6.85. The van der Waals surface area contributed by atoms with Crippen molar-refractivity contribution in [3.63, 3.8) is 0 Å². The molecule has 2 rings (SSSR count). The first-order chi connectivity index (χ1) is 10.0. The maximum atomic E-state index is 12.7. The highest BCUT2D eigenvalue weighted by Crippen LogP contribution is 2.16. The van der Waals surface area contributed by atoms with E-state index in [1.54, 1.807) is 12.1 Å². The van der Waals surface area contributed by atoms with E-state index in [4.69, 9.17) is 16.3 Å². The van der Waals surface area contributed by atoms with Crippen molar-refractivity contribution < 1.29 is 13.9 Å². The van der Waals surface area contributed by atoms with Crippen LogP contribution in [0.1, 0.15) is 18.5 Å². The van der Waals surface area contributed by atoms with Crippen LogP contribution in [0.2, 0.25) is 5.02 Å². The summed E-state index contributed by atoms with van der Waals surface area (Å²) in [6, 6.07) is 12.6. The van der Waals surface area contributed by atoms with E-state index in [2.05, 4.69) is 5.32 Å². The van der Waals surface area contributed by atoms with Crippen LogP contribution in [0.25, 0.3) is 0 Å². The molecule has 0 radical (unpaired) electrons. The zero-order valence-electron chi connectivity index (χ0n) is 11.5. The average Bonchev–Trinajstić information content (AvgIpc) is 2.47. The van der Waals surface area contributed by atoms with Gasteiger partial charge in [-0.1, -0.05) is 23.7 Å². The zero-order chi connectivity index (χ0) is 15.2. The van der Waals surface area contributed by atoms with Crippen molar-refractivity contribution in [2.45, 2.75) is 13.0 Å². The molecule has 0 fully saturated rings. The first-order valence-electron chi connectivity index (χ1n) is 6.48. The Morgan fingerprint density at radius 2 is 1.81 bits per heavy atom. The van der Waals surface area contributed by atoms with Gasteiger partial charge in [-0.15, -0.1) is 0 Å². The SMILES string of the molecule is CC(NC(=O)COc1ccc(F)cc1)c1ccc(Cl)cc1. The normalized spacial score (nSPS) is 11.8. The van der Waals surface area contributed by atoms with Crippen LogP contribution in [-0.4, -0.2) is 12.5 Å². The quantitative estimate of drug-likeness (QED) is 0.914. The fraction of sp³-hybridized carbons (Fsp3) is 0.188. The van der Waals surface area contributed by atoms with E-state index >= 15 is 0 Å². The van der Waals surface area contributed by atoms with Crippen molar-refractivity contribution >= 4 is 17.5 Å². The molecular formula is C16H15ClFNO2. The summed E-state index contributed by atoms with van der Waals surface area (Å²) in [5.74, 6) is -0.143. The molecule has 0 saturated carbocycles. The van der Waals surface area contributed by atoms with Crippen molar-refractivity contribution in [1.29, 1.82) is 0 Å². The van der Waals surface area contributed by atoms with Crippen molar-refractivity contribution in [3.05, 3.63) is 64.9 Å². The highest BCUT2D eigenvalue weighted by atomic mass is 35.5. The number of carbonyl (C=O) groups is 1. The summed E-state index contributed by atoms with van der Waals surface area (Å²) in [4.78, 5) is 11.8. The number of hydrogen-bond acceptors (Lipinski definition) is 2. The number of nitrogens with one attached hydrogen (secondary N) is 1. The molecule has 1 atom stereocenters. The molecular weight excluding hydrogens is 293 g/mol. The van der Waals surface area contributed by atoms with Crippen LogP contribution < -0.4 is 10.1 Å². The second kappa shape index (κ2) is 7.09. The fourth-order valence-corrected chi connectivity index (χ4v) is 1.92. The van der Waals surface area contributed by atoms with E-state index in [0.29, 0.717) is 10.8 Å². The van der Waals surface area contributed by atoms with Crippen LogP contribution in [0.3, 0.4) is 0 Å². The number of amides is 1. The number of carbonyl (C=O) groups excluding carboxylic acids is 1. The van der Waals surface area contributed by atoms with Crippen molar-refractivity contribution in [3.8, 4) is 5.75 Å². The Morgan fingerprint density at radius 3 is 2.43 bits per heavy atom. The number of benzene rings is 2. The topological polar surface area (TPSA) is 38.3 Å². The summed E-state index contributed by atoms with van der Waals surface area (Å²) in [6.45, 7) is 1.75. The standard InChI is InChI=1S/C16H15ClFNO2/c1-11(12-2-4-13(17)5-3-12)19-16(20)10-21-15-8-6-14(18)7-9-15/h2-9,11H,10H2,1H3,(H,19,20). The van der Waals surface area contributed by atoms with E-state index in [0.717, 1.165) is 5.56 Å². The molecule has 5 heteroatoms. The molecule has 0 spiro atoms. The van der Waals surface area contributed by atoms with E-state index in [1.807, 2.05) is 19.1 Å². The maximum absolute atomic E-state index is 12.7. The maximum Gasteiger partial charge on any atom is 0.258 e. The van der Waals surface area contributed by atoms with Crippen LogP contribution in [0.15, 0.2) is 48.5 Å². The van der Waals surface area contributed by atoms with Gasteiger partial charge >= 0.3 is 0 Å². The molecule has 0 aromatic heterocycles. The minimum absolute atomic E-state index is 0.121. The Labute approximate surface area is 127 Å². The summed E-state index contributed by atoms with van der Waals surface area (Å²) in [7, 11) is 0. The van der Waals surface area contributed by atoms with Gasteiger partial charge in [0, 0.05) is 5.02 Å². The van der Waals surface area contributed by atoms with Gasteiger partial charge in [-0.3, -0.25) is 4.79 Å². The van der Waals surface area contributed by atoms with E-state index in [-0.39, 0.29) is 24.4 Å². The predicted octanol–water partition coefficient (Wildman–Crippen LogP) is 3.74. The van der Waals surface area contributed by atoms with Crippen LogP contribution in [0.4, 0.5) is 4.39 Å². The van der Waals surface area contributed by atoms with Gasteiger partial charge in [0.1, 0.15) is 11.6 Å². The van der Waals surface area contributed by atoms with E-state index < -0.39 is 0 Å². The Bertz CT molecular complexity index is 599. The van der Waals surface area contributed by atoms with Gasteiger partial charge < -0.3 is 10.1 Å². The van der Waals surface area contributed by atoms with Gasteiger partial charge in [-0.25, -0.2) is 4.39 Å². The highest BCUT2D eigenvalue weighted by molar-refractivity contribution is 6.30. The third-order valence-corrected chi connectivity index (χ3v) is 3.18. The fourth-order valence-electron chi connectivity index (χ4n) is 1.80. The molecule has 110 valence electrons. The Hall–Kier alpha value is -2.07. The Kier molecular flexibility index (Phi) is 5.17. The molecule has 0 saturated heterocycles. The van der Waals surface area contributed by atoms with Crippen LogP contribution in [0, 0.1) is 5.82 Å². The molecule has 3 nitrogen and oxygen atoms in total. The largest absolute Gasteiger partial charge is 0.484 e. The molecule has 2 aromatic carbocycles. The first kappa shape index (κ1) is 15.3. The summed E-state index contributed by atoms with van der Waals surface area (Å²) in [6.07, 6.45) is 0. The molecule has 0 aliphatic heterocycles. The van der Waals surface area contributed by atoms with Gasteiger partial charge in [-0.05, 0) is 48.9 Å². The van der Waals surface area contributed by atoms with Crippen molar-refractivity contribution in [2.75, 3.05) is 6.61 Å². The van der Waals surface area contributed by atoms with E-state index in [1.165, 1.54) is 24.3 Å². The Morgan fingerprint density at radius 1 is 1.19 bits per heavy atom. The van der Waals surface area contributed by atoms with Crippen LogP contribution in [0.5, 0.6) is 5.75 Å². The number of halogens is 2. The lowest BCUT2D eigenvalue weighted by atomic mass is 10.1. The molecule has 0 aliphatic rings. The van der Waals surface area contributed by atoms with Gasteiger partial charge in [0.2, 0.25) is 0 Å². The van der Waals surface area contributed by atoms with Crippen molar-refractivity contribution in [1.82, 2.24) is 5.32 Å². The van der Waals surface area contributed by atoms with Gasteiger partial charge in [0.25, 0.3) is 5.91 Å². The van der Waals surface area contributed by atoms with Gasteiger partial charge in [0.15, 0.2) is 6.61 Å². The molecule has 0 bridgehead atoms. The monoisotopic (exact) mass is 307 g/mol.